The Labute approximate surface area is 93.9 Å². The van der Waals surface area contributed by atoms with Crippen molar-refractivity contribution in [3.8, 4) is 0 Å². The van der Waals surface area contributed by atoms with Crippen LogP contribution in [0.1, 0.15) is 25.7 Å². The van der Waals surface area contributed by atoms with E-state index in [1.165, 1.54) is 0 Å². The van der Waals surface area contributed by atoms with Crippen molar-refractivity contribution in [1.29, 1.82) is 0 Å². The zero-order valence-corrected chi connectivity index (χ0v) is 10.6. The Kier molecular flexibility index (Phi) is 4.96. The first-order chi connectivity index (χ1) is 6.14. The second kappa shape index (κ2) is 5.50. The lowest BCUT2D eigenvalue weighted by Gasteiger charge is -2.04. The van der Waals surface area contributed by atoms with Crippen molar-refractivity contribution >= 4 is 32.6 Å². The average molecular weight is 317 g/mol. The molecule has 0 radical (unpaired) electrons. The van der Waals surface area contributed by atoms with Gasteiger partial charge in [0.2, 0.25) is 10.0 Å². The zero-order chi connectivity index (χ0) is 9.73. The molecule has 0 bridgehead atoms. The van der Waals surface area contributed by atoms with Crippen molar-refractivity contribution in [2.75, 3.05) is 16.7 Å². The van der Waals surface area contributed by atoms with E-state index in [-0.39, 0.29) is 0 Å². The van der Waals surface area contributed by atoms with Gasteiger partial charge < -0.3 is 0 Å². The maximum absolute atomic E-state index is 11.3. The first-order valence-corrected chi connectivity index (χ1v) is 7.85. The van der Waals surface area contributed by atoms with E-state index in [9.17, 15) is 8.42 Å². The fourth-order valence-corrected chi connectivity index (χ4v) is 3.17. The Balaban J connectivity index is 2.10. The second-order valence-electron chi connectivity index (χ2n) is 3.52. The fraction of sp³-hybridized carbons (Fsp3) is 1.00. The van der Waals surface area contributed by atoms with Crippen molar-refractivity contribution in [3.63, 3.8) is 0 Å². The Hall–Kier alpha value is 0.640. The normalized spacial score (nSPS) is 17.6. The molecular weight excluding hydrogens is 301 g/mol. The number of rotatable bonds is 7. The maximum Gasteiger partial charge on any atom is 0.211 e. The van der Waals surface area contributed by atoms with Crippen LogP contribution < -0.4 is 4.72 Å². The molecule has 1 N–H and O–H groups in total. The van der Waals surface area contributed by atoms with Crippen molar-refractivity contribution in [2.24, 2.45) is 5.92 Å². The predicted molar refractivity (Wildman–Crippen MR) is 62.6 cm³/mol. The molecule has 0 aromatic rings. The number of hydrogen-bond donors (Lipinski definition) is 1. The van der Waals surface area contributed by atoms with Crippen LogP contribution in [0.5, 0.6) is 0 Å². The van der Waals surface area contributed by atoms with E-state index in [4.69, 9.17) is 0 Å². The number of unbranched alkanes of at least 4 members (excludes halogenated alkanes) is 1. The zero-order valence-electron chi connectivity index (χ0n) is 7.63. The molecule has 0 spiro atoms. The molecule has 0 aromatic carbocycles. The van der Waals surface area contributed by atoms with E-state index < -0.39 is 10.0 Å². The van der Waals surface area contributed by atoms with Crippen LogP contribution in [0.3, 0.4) is 0 Å². The van der Waals surface area contributed by atoms with Gasteiger partial charge in [-0.05, 0) is 36.0 Å². The average Bonchev–Trinajstić information content (AvgIpc) is 2.81. The lowest BCUT2D eigenvalue weighted by atomic mass is 10.3. The lowest BCUT2D eigenvalue weighted by Crippen LogP contribution is -2.28. The molecule has 5 heteroatoms. The molecule has 0 saturated heterocycles. The molecule has 0 amide bonds. The van der Waals surface area contributed by atoms with Crippen molar-refractivity contribution in [1.82, 2.24) is 4.72 Å². The molecule has 0 atom stereocenters. The topological polar surface area (TPSA) is 46.2 Å². The summed E-state index contributed by atoms with van der Waals surface area (Å²) in [6.07, 6.45) is 4.22. The summed E-state index contributed by atoms with van der Waals surface area (Å²) < 4.78 is 26.4. The largest absolute Gasteiger partial charge is 0.215 e. The summed E-state index contributed by atoms with van der Waals surface area (Å²) in [4.78, 5) is 0. The highest BCUT2D eigenvalue weighted by molar-refractivity contribution is 14.1. The van der Waals surface area contributed by atoms with Gasteiger partial charge in [-0.3, -0.25) is 0 Å². The van der Waals surface area contributed by atoms with Crippen LogP contribution in [0.4, 0.5) is 0 Å². The van der Waals surface area contributed by atoms with Gasteiger partial charge in [0.05, 0.1) is 5.75 Å². The summed E-state index contributed by atoms with van der Waals surface area (Å²) in [6.45, 7) is 0.609. The van der Waals surface area contributed by atoms with Crippen molar-refractivity contribution < 1.29 is 8.42 Å². The lowest BCUT2D eigenvalue weighted by molar-refractivity contribution is 0.575. The maximum atomic E-state index is 11.3. The minimum atomic E-state index is -2.95. The molecule has 0 heterocycles. The van der Waals surface area contributed by atoms with Gasteiger partial charge in [-0.2, -0.15) is 0 Å². The van der Waals surface area contributed by atoms with E-state index in [1.54, 1.807) is 0 Å². The van der Waals surface area contributed by atoms with Gasteiger partial charge in [0.1, 0.15) is 0 Å². The number of nitrogens with one attached hydrogen (secondary N) is 1. The fourth-order valence-electron chi connectivity index (χ4n) is 1.10. The molecule has 0 aliphatic heterocycles. The SMILES string of the molecule is O=S(=O)(CC1CC1)NCCCCI. The van der Waals surface area contributed by atoms with Crippen LogP contribution in [-0.4, -0.2) is 25.1 Å². The predicted octanol–water partition coefficient (Wildman–Crippen LogP) is 1.53. The molecule has 3 nitrogen and oxygen atoms in total. The first-order valence-electron chi connectivity index (χ1n) is 4.67. The minimum Gasteiger partial charge on any atom is -0.215 e. The van der Waals surface area contributed by atoms with Gasteiger partial charge in [0.25, 0.3) is 0 Å². The van der Waals surface area contributed by atoms with Gasteiger partial charge in [-0.15, -0.1) is 0 Å². The van der Waals surface area contributed by atoms with Crippen molar-refractivity contribution in [3.05, 3.63) is 0 Å². The molecule has 13 heavy (non-hydrogen) atoms. The van der Waals surface area contributed by atoms with Gasteiger partial charge in [0, 0.05) is 6.54 Å². The summed E-state index contributed by atoms with van der Waals surface area (Å²) in [5.41, 5.74) is 0. The van der Waals surface area contributed by atoms with Crippen LogP contribution in [0.15, 0.2) is 0 Å². The molecule has 1 fully saturated rings. The van der Waals surface area contributed by atoms with Gasteiger partial charge in [-0.1, -0.05) is 22.6 Å². The third-order valence-corrected chi connectivity index (χ3v) is 4.35. The molecule has 1 rings (SSSR count). The van der Waals surface area contributed by atoms with E-state index in [2.05, 4.69) is 27.3 Å². The van der Waals surface area contributed by atoms with Gasteiger partial charge >= 0.3 is 0 Å². The molecule has 78 valence electrons. The highest BCUT2D eigenvalue weighted by Gasteiger charge is 2.27. The molecular formula is C8H16INO2S. The van der Waals surface area contributed by atoms with E-state index in [0.29, 0.717) is 18.2 Å². The summed E-state index contributed by atoms with van der Waals surface area (Å²) in [5.74, 6) is 0.791. The quantitative estimate of drug-likeness (QED) is 0.440. The standard InChI is InChI=1S/C8H16INO2S/c9-5-1-2-6-10-13(11,12)7-8-3-4-8/h8,10H,1-7H2. The second-order valence-corrected chi connectivity index (χ2v) is 6.45. The summed E-state index contributed by atoms with van der Waals surface area (Å²) >= 11 is 2.30. The number of sulfonamides is 1. The molecule has 1 saturated carbocycles. The van der Waals surface area contributed by atoms with E-state index in [0.717, 1.165) is 30.1 Å². The third-order valence-electron chi connectivity index (χ3n) is 2.03. The van der Waals surface area contributed by atoms with E-state index >= 15 is 0 Å². The Morgan fingerprint density at radius 2 is 2.00 bits per heavy atom. The summed E-state index contributed by atoms with van der Waals surface area (Å²) in [7, 11) is -2.95. The molecule has 1 aliphatic rings. The number of hydrogen-bond acceptors (Lipinski definition) is 2. The first kappa shape index (κ1) is 11.7. The Morgan fingerprint density at radius 3 is 2.54 bits per heavy atom. The van der Waals surface area contributed by atoms with Gasteiger partial charge in [0.15, 0.2) is 0 Å². The number of halogens is 1. The summed E-state index contributed by atoms with van der Waals surface area (Å²) in [6, 6.07) is 0. The molecule has 0 unspecified atom stereocenters. The smallest absolute Gasteiger partial charge is 0.211 e. The van der Waals surface area contributed by atoms with Crippen molar-refractivity contribution in [2.45, 2.75) is 25.7 Å². The molecule has 1 aliphatic carbocycles. The summed E-state index contributed by atoms with van der Waals surface area (Å²) in [5, 5.41) is 0. The highest BCUT2D eigenvalue weighted by atomic mass is 127. The minimum absolute atomic E-state index is 0.344. The van der Waals surface area contributed by atoms with Crippen LogP contribution in [-0.2, 0) is 10.0 Å². The Morgan fingerprint density at radius 1 is 1.31 bits per heavy atom. The third kappa shape index (κ3) is 5.85. The van der Waals surface area contributed by atoms with Gasteiger partial charge in [-0.25, -0.2) is 13.1 Å². The monoisotopic (exact) mass is 317 g/mol. The highest BCUT2D eigenvalue weighted by Crippen LogP contribution is 2.29. The number of alkyl halides is 1. The van der Waals surface area contributed by atoms with Crippen LogP contribution in [0.2, 0.25) is 0 Å². The molecule has 0 aromatic heterocycles. The van der Waals surface area contributed by atoms with Crippen LogP contribution in [0.25, 0.3) is 0 Å². The van der Waals surface area contributed by atoms with Crippen LogP contribution >= 0.6 is 22.6 Å². The Bertz CT molecular complexity index is 237. The van der Waals surface area contributed by atoms with Crippen LogP contribution in [0, 0.1) is 5.92 Å². The van der Waals surface area contributed by atoms with E-state index in [1.807, 2.05) is 0 Å².